The number of hydrogen-bond donors (Lipinski definition) is 1. The van der Waals surface area contributed by atoms with E-state index in [0.717, 1.165) is 14.8 Å². The second-order valence-corrected chi connectivity index (χ2v) is 7.54. The standard InChI is InChI=1S/C16H14IN5O3S/c1-10-18-14(22(24)25)8-21(10)7-6-15(23)20-16-19-13(9-26-16)11-2-4-12(17)5-3-11/h2-5,8-9H,6-7H2,1H3,(H,19,20,23). The largest absolute Gasteiger partial charge is 0.381 e. The molecule has 1 amide bonds. The average Bonchev–Trinajstić information content (AvgIpc) is 3.20. The summed E-state index contributed by atoms with van der Waals surface area (Å²) >= 11 is 3.60. The van der Waals surface area contributed by atoms with Gasteiger partial charge in [0.25, 0.3) is 0 Å². The highest BCUT2D eigenvalue weighted by atomic mass is 127. The number of aromatic nitrogens is 3. The first-order valence-corrected chi connectivity index (χ1v) is 9.57. The smallest absolute Gasteiger partial charge is 0.358 e. The van der Waals surface area contributed by atoms with Crippen molar-refractivity contribution in [3.05, 3.63) is 55.4 Å². The minimum absolute atomic E-state index is 0.173. The van der Waals surface area contributed by atoms with Crippen LogP contribution in [0.25, 0.3) is 11.3 Å². The van der Waals surface area contributed by atoms with Gasteiger partial charge in [-0.15, -0.1) is 11.3 Å². The second kappa shape index (κ2) is 7.91. The summed E-state index contributed by atoms with van der Waals surface area (Å²) in [5.41, 5.74) is 1.80. The molecule has 8 nitrogen and oxygen atoms in total. The molecule has 0 atom stereocenters. The van der Waals surface area contributed by atoms with Crippen molar-refractivity contribution >= 4 is 50.8 Å². The number of nitrogens with zero attached hydrogens (tertiary/aromatic N) is 4. The van der Waals surface area contributed by atoms with Crippen LogP contribution in [0.3, 0.4) is 0 Å². The van der Waals surface area contributed by atoms with Crippen LogP contribution in [0, 0.1) is 20.6 Å². The summed E-state index contributed by atoms with van der Waals surface area (Å²) < 4.78 is 2.74. The molecule has 0 saturated heterocycles. The molecule has 0 aliphatic carbocycles. The quantitative estimate of drug-likeness (QED) is 0.326. The topological polar surface area (TPSA) is 103 Å². The molecule has 0 spiro atoms. The number of hydrogen-bond acceptors (Lipinski definition) is 6. The van der Waals surface area contributed by atoms with Gasteiger partial charge in [-0.05, 0) is 44.6 Å². The Bertz CT molecular complexity index is 951. The van der Waals surface area contributed by atoms with Gasteiger partial charge in [0, 0.05) is 34.4 Å². The van der Waals surface area contributed by atoms with Crippen LogP contribution in [0.5, 0.6) is 0 Å². The van der Waals surface area contributed by atoms with Gasteiger partial charge < -0.3 is 20.0 Å². The van der Waals surface area contributed by atoms with Crippen molar-refractivity contribution in [1.29, 1.82) is 0 Å². The van der Waals surface area contributed by atoms with Crippen molar-refractivity contribution in [3.8, 4) is 11.3 Å². The third kappa shape index (κ3) is 4.43. The number of thiazole rings is 1. The lowest BCUT2D eigenvalue weighted by molar-refractivity contribution is -0.389. The van der Waals surface area contributed by atoms with Gasteiger partial charge in [0.05, 0.1) is 5.69 Å². The first-order valence-electron chi connectivity index (χ1n) is 7.62. The van der Waals surface area contributed by atoms with E-state index in [1.54, 1.807) is 11.5 Å². The van der Waals surface area contributed by atoms with Gasteiger partial charge in [0.15, 0.2) is 5.13 Å². The SMILES string of the molecule is Cc1nc([N+](=O)[O-])cn1CCC(=O)Nc1nc(-c2ccc(I)cc2)cs1. The number of anilines is 1. The zero-order chi connectivity index (χ0) is 18.7. The van der Waals surface area contributed by atoms with Gasteiger partial charge in [-0.2, -0.15) is 0 Å². The third-order valence-corrected chi connectivity index (χ3v) is 5.10. The minimum Gasteiger partial charge on any atom is -0.358 e. The first-order chi connectivity index (χ1) is 12.4. The van der Waals surface area contributed by atoms with Crippen LogP contribution >= 0.6 is 33.9 Å². The Labute approximate surface area is 166 Å². The van der Waals surface area contributed by atoms with Gasteiger partial charge in [-0.3, -0.25) is 4.79 Å². The number of carbonyl (C=O) groups is 1. The molecule has 2 aromatic heterocycles. The van der Waals surface area contributed by atoms with Crippen LogP contribution in [0.1, 0.15) is 12.2 Å². The molecule has 0 bridgehead atoms. The van der Waals surface area contributed by atoms with Gasteiger partial charge in [-0.25, -0.2) is 4.98 Å². The maximum atomic E-state index is 12.1. The molecular formula is C16H14IN5O3S. The number of nitro groups is 1. The van der Waals surface area contributed by atoms with E-state index >= 15 is 0 Å². The van der Waals surface area contributed by atoms with E-state index in [4.69, 9.17) is 0 Å². The van der Waals surface area contributed by atoms with Gasteiger partial charge in [0.2, 0.25) is 11.7 Å². The Kier molecular flexibility index (Phi) is 5.61. The molecule has 0 aliphatic rings. The fourth-order valence-electron chi connectivity index (χ4n) is 2.29. The molecule has 2 heterocycles. The zero-order valence-corrected chi connectivity index (χ0v) is 16.7. The van der Waals surface area contributed by atoms with Crippen molar-refractivity contribution in [1.82, 2.24) is 14.5 Å². The van der Waals surface area contributed by atoms with Crippen LogP contribution < -0.4 is 5.32 Å². The first kappa shape index (κ1) is 18.5. The van der Waals surface area contributed by atoms with Crippen LogP contribution in [0.2, 0.25) is 0 Å². The van der Waals surface area contributed by atoms with Gasteiger partial charge in [0.1, 0.15) is 6.20 Å². The molecule has 26 heavy (non-hydrogen) atoms. The van der Waals surface area contributed by atoms with Crippen LogP contribution in [-0.2, 0) is 11.3 Å². The van der Waals surface area contributed by atoms with Crippen molar-refractivity contribution in [2.24, 2.45) is 0 Å². The number of amides is 1. The third-order valence-electron chi connectivity index (χ3n) is 3.62. The minimum atomic E-state index is -0.550. The summed E-state index contributed by atoms with van der Waals surface area (Å²) in [6.45, 7) is 1.98. The Morgan fingerprint density at radius 1 is 1.35 bits per heavy atom. The van der Waals surface area contributed by atoms with Crippen molar-refractivity contribution in [2.45, 2.75) is 19.9 Å². The molecule has 1 aromatic carbocycles. The van der Waals surface area contributed by atoms with E-state index in [1.165, 1.54) is 17.5 Å². The molecule has 0 unspecified atom stereocenters. The summed E-state index contributed by atoms with van der Waals surface area (Å²) in [5, 5.41) is 15.9. The molecule has 134 valence electrons. The van der Waals surface area contributed by atoms with E-state index in [-0.39, 0.29) is 18.1 Å². The monoisotopic (exact) mass is 483 g/mol. The summed E-state index contributed by atoms with van der Waals surface area (Å²) in [5.74, 6) is 0.0778. The van der Waals surface area contributed by atoms with E-state index < -0.39 is 4.92 Å². The average molecular weight is 483 g/mol. The lowest BCUT2D eigenvalue weighted by atomic mass is 10.2. The predicted molar refractivity (Wildman–Crippen MR) is 107 cm³/mol. The Morgan fingerprint density at radius 2 is 2.08 bits per heavy atom. The Morgan fingerprint density at radius 3 is 2.73 bits per heavy atom. The molecule has 0 radical (unpaired) electrons. The van der Waals surface area contributed by atoms with E-state index in [0.29, 0.717) is 17.5 Å². The van der Waals surface area contributed by atoms with Crippen molar-refractivity contribution < 1.29 is 9.72 Å². The molecule has 10 heteroatoms. The maximum Gasteiger partial charge on any atom is 0.381 e. The number of rotatable bonds is 6. The van der Waals surface area contributed by atoms with Crippen molar-refractivity contribution in [2.75, 3.05) is 5.32 Å². The normalized spacial score (nSPS) is 10.7. The van der Waals surface area contributed by atoms with Gasteiger partial charge in [-0.1, -0.05) is 12.1 Å². The number of benzene rings is 1. The summed E-state index contributed by atoms with van der Waals surface area (Å²) in [6, 6.07) is 7.97. The number of carbonyl (C=O) groups excluding carboxylic acids is 1. The highest BCUT2D eigenvalue weighted by molar-refractivity contribution is 14.1. The highest BCUT2D eigenvalue weighted by Gasteiger charge is 2.16. The van der Waals surface area contributed by atoms with Crippen LogP contribution in [0.15, 0.2) is 35.8 Å². The van der Waals surface area contributed by atoms with Gasteiger partial charge >= 0.3 is 5.82 Å². The van der Waals surface area contributed by atoms with Crippen molar-refractivity contribution in [3.63, 3.8) is 0 Å². The van der Waals surface area contributed by atoms with Crippen LogP contribution in [0.4, 0.5) is 10.9 Å². The molecule has 3 rings (SSSR count). The zero-order valence-electron chi connectivity index (χ0n) is 13.7. The lowest BCUT2D eigenvalue weighted by Gasteiger charge is -2.03. The van der Waals surface area contributed by atoms with Crippen LogP contribution in [-0.4, -0.2) is 25.4 Å². The molecule has 1 N–H and O–H groups in total. The molecule has 0 aliphatic heterocycles. The molecule has 3 aromatic rings. The fourth-order valence-corrected chi connectivity index (χ4v) is 3.39. The number of aryl methyl sites for hydroxylation is 2. The summed E-state index contributed by atoms with van der Waals surface area (Å²) in [6.07, 6.45) is 1.51. The molecular weight excluding hydrogens is 469 g/mol. The Hall–Kier alpha value is -2.34. The number of halogens is 1. The highest BCUT2D eigenvalue weighted by Crippen LogP contribution is 2.25. The maximum absolute atomic E-state index is 12.1. The lowest BCUT2D eigenvalue weighted by Crippen LogP contribution is -2.14. The fraction of sp³-hybridized carbons (Fsp3) is 0.188. The number of nitrogens with one attached hydrogen (secondary N) is 1. The van der Waals surface area contributed by atoms with E-state index in [1.807, 2.05) is 29.6 Å². The Balaban J connectivity index is 1.59. The molecule has 0 fully saturated rings. The molecule has 0 saturated carbocycles. The second-order valence-electron chi connectivity index (χ2n) is 5.44. The number of imidazole rings is 1. The van der Waals surface area contributed by atoms with E-state index in [2.05, 4.69) is 37.9 Å². The predicted octanol–water partition coefficient (Wildman–Crippen LogP) is 3.86. The van der Waals surface area contributed by atoms with E-state index in [9.17, 15) is 14.9 Å². The summed E-state index contributed by atoms with van der Waals surface area (Å²) in [7, 11) is 0. The summed E-state index contributed by atoms with van der Waals surface area (Å²) in [4.78, 5) is 30.6.